The fraction of sp³-hybridized carbons (Fsp3) is 0.889. The summed E-state index contributed by atoms with van der Waals surface area (Å²) in [5, 5.41) is 0. The van der Waals surface area contributed by atoms with E-state index in [1.807, 2.05) is 0 Å². The Hall–Kier alpha value is -0.340. The molecule has 4 nitrogen and oxygen atoms in total. The summed E-state index contributed by atoms with van der Waals surface area (Å²) in [6, 6.07) is 0. The van der Waals surface area contributed by atoms with Gasteiger partial charge in [0, 0.05) is 13.3 Å². The highest BCUT2D eigenvalue weighted by Crippen LogP contribution is 2.39. The van der Waals surface area contributed by atoms with Crippen LogP contribution in [0.25, 0.3) is 0 Å². The second-order valence-corrected chi connectivity index (χ2v) is 6.45. The second kappa shape index (κ2) is 5.52. The zero-order valence-electron chi connectivity index (χ0n) is 9.44. The Morgan fingerprint density at radius 2 is 1.86 bits per heavy atom. The Morgan fingerprint density at radius 3 is 2.14 bits per heavy atom. The molecule has 0 N–H and O–H groups in total. The summed E-state index contributed by atoms with van der Waals surface area (Å²) in [5.74, 6) is -0.438. The molecule has 0 aromatic rings. The van der Waals surface area contributed by atoms with Crippen molar-refractivity contribution in [1.82, 2.24) is 0 Å². The van der Waals surface area contributed by atoms with Crippen molar-refractivity contribution in [2.24, 2.45) is 0 Å². The van der Waals surface area contributed by atoms with Crippen molar-refractivity contribution < 1.29 is 18.6 Å². The van der Waals surface area contributed by atoms with Gasteiger partial charge in [-0.1, -0.05) is 6.92 Å². The monoisotopic (exact) mass is 222 g/mol. The van der Waals surface area contributed by atoms with Crippen LogP contribution in [0.2, 0.25) is 0 Å². The fourth-order valence-corrected chi connectivity index (χ4v) is 1.75. The molecule has 14 heavy (non-hydrogen) atoms. The molecular weight excluding hydrogens is 203 g/mol. The van der Waals surface area contributed by atoms with Gasteiger partial charge in [-0.3, -0.25) is 4.57 Å². The molecule has 0 rings (SSSR count). The van der Waals surface area contributed by atoms with Crippen LogP contribution in [0.15, 0.2) is 0 Å². The zero-order chi connectivity index (χ0) is 11.4. The molecule has 0 aromatic carbocycles. The first-order valence-electron chi connectivity index (χ1n) is 4.70. The Labute approximate surface area is 85.4 Å². The lowest BCUT2D eigenvalue weighted by Gasteiger charge is -2.18. The SMILES string of the molecule is CCC(OP(C)(C)=O)C(=O)OC(C)C. The molecule has 0 aliphatic heterocycles. The fourth-order valence-electron chi connectivity index (χ4n) is 0.899. The van der Waals surface area contributed by atoms with Crippen LogP contribution in [0, 0.1) is 0 Å². The smallest absolute Gasteiger partial charge is 0.335 e. The molecule has 0 aromatic heterocycles. The van der Waals surface area contributed by atoms with E-state index < -0.39 is 19.4 Å². The molecule has 0 saturated carbocycles. The van der Waals surface area contributed by atoms with E-state index in [1.165, 1.54) is 13.3 Å². The Morgan fingerprint density at radius 1 is 1.36 bits per heavy atom. The van der Waals surface area contributed by atoms with Gasteiger partial charge in [0.05, 0.1) is 6.10 Å². The van der Waals surface area contributed by atoms with Gasteiger partial charge in [-0.25, -0.2) is 4.79 Å². The molecule has 0 amide bonds. The summed E-state index contributed by atoms with van der Waals surface area (Å²) in [4.78, 5) is 11.4. The number of esters is 1. The third-order valence-electron chi connectivity index (χ3n) is 1.37. The molecule has 0 aliphatic carbocycles. The van der Waals surface area contributed by atoms with Crippen molar-refractivity contribution in [1.29, 1.82) is 0 Å². The minimum Gasteiger partial charge on any atom is -0.461 e. The van der Waals surface area contributed by atoms with Crippen molar-refractivity contribution in [3.05, 3.63) is 0 Å². The number of hydrogen-bond acceptors (Lipinski definition) is 4. The van der Waals surface area contributed by atoms with Gasteiger partial charge in [0.2, 0.25) is 0 Å². The van der Waals surface area contributed by atoms with Crippen LogP contribution in [-0.2, 0) is 18.6 Å². The summed E-state index contributed by atoms with van der Waals surface area (Å²) in [5.41, 5.74) is 0. The van der Waals surface area contributed by atoms with Crippen molar-refractivity contribution in [2.45, 2.75) is 39.4 Å². The van der Waals surface area contributed by atoms with Gasteiger partial charge in [-0.05, 0) is 20.3 Å². The second-order valence-electron chi connectivity index (χ2n) is 3.74. The van der Waals surface area contributed by atoms with E-state index in [9.17, 15) is 9.36 Å². The van der Waals surface area contributed by atoms with Crippen molar-refractivity contribution in [3.63, 3.8) is 0 Å². The lowest BCUT2D eigenvalue weighted by atomic mass is 10.3. The minimum absolute atomic E-state index is 0.173. The lowest BCUT2D eigenvalue weighted by molar-refractivity contribution is -0.155. The average molecular weight is 222 g/mol. The number of rotatable bonds is 5. The summed E-state index contributed by atoms with van der Waals surface area (Å²) in [6.07, 6.45) is -0.413. The molecule has 0 saturated heterocycles. The van der Waals surface area contributed by atoms with Crippen LogP contribution in [0.5, 0.6) is 0 Å². The van der Waals surface area contributed by atoms with Crippen LogP contribution in [0.1, 0.15) is 27.2 Å². The molecule has 84 valence electrons. The van der Waals surface area contributed by atoms with E-state index in [0.717, 1.165) is 0 Å². The van der Waals surface area contributed by atoms with Crippen LogP contribution < -0.4 is 0 Å². The van der Waals surface area contributed by atoms with Crippen molar-refractivity contribution in [2.75, 3.05) is 13.3 Å². The van der Waals surface area contributed by atoms with Crippen LogP contribution in [0.3, 0.4) is 0 Å². The molecule has 1 atom stereocenters. The first-order valence-corrected chi connectivity index (χ1v) is 7.22. The standard InChI is InChI=1S/C9H19O4P/c1-6-8(13-14(4,5)11)9(10)12-7(2)3/h7-8H,6H2,1-5H3. The number of carbonyl (C=O) groups excluding carboxylic acids is 1. The highest BCUT2D eigenvalue weighted by molar-refractivity contribution is 7.57. The molecule has 5 heteroatoms. The third-order valence-corrected chi connectivity index (χ3v) is 2.13. The predicted octanol–water partition coefficient (Wildman–Crippen LogP) is 2.27. The normalized spacial score (nSPS) is 14.1. The zero-order valence-corrected chi connectivity index (χ0v) is 10.3. The highest BCUT2D eigenvalue weighted by atomic mass is 31.2. The van der Waals surface area contributed by atoms with Gasteiger partial charge in [-0.2, -0.15) is 0 Å². The number of carbonyl (C=O) groups is 1. The molecule has 0 radical (unpaired) electrons. The summed E-state index contributed by atoms with van der Waals surface area (Å²) in [7, 11) is -2.64. The van der Waals surface area contributed by atoms with E-state index in [2.05, 4.69) is 0 Å². The topological polar surface area (TPSA) is 52.6 Å². The maximum absolute atomic E-state index is 11.4. The van der Waals surface area contributed by atoms with Crippen LogP contribution >= 0.6 is 7.37 Å². The molecule has 0 spiro atoms. The van der Waals surface area contributed by atoms with E-state index in [1.54, 1.807) is 20.8 Å². The third kappa shape index (κ3) is 6.17. The summed E-state index contributed by atoms with van der Waals surface area (Å²) in [6.45, 7) is 8.29. The highest BCUT2D eigenvalue weighted by Gasteiger charge is 2.24. The Kier molecular flexibility index (Phi) is 5.38. The van der Waals surface area contributed by atoms with Gasteiger partial charge >= 0.3 is 5.97 Å². The van der Waals surface area contributed by atoms with Crippen molar-refractivity contribution in [3.8, 4) is 0 Å². The number of ether oxygens (including phenoxy) is 1. The van der Waals surface area contributed by atoms with E-state index in [4.69, 9.17) is 9.26 Å². The van der Waals surface area contributed by atoms with E-state index >= 15 is 0 Å². The molecule has 0 aliphatic rings. The van der Waals surface area contributed by atoms with Gasteiger partial charge in [0.25, 0.3) is 0 Å². The molecule has 0 fully saturated rings. The minimum atomic E-state index is -2.64. The van der Waals surface area contributed by atoms with Gasteiger partial charge in [-0.15, -0.1) is 0 Å². The Bertz CT molecular complexity index is 231. The van der Waals surface area contributed by atoms with Gasteiger partial charge in [0.15, 0.2) is 13.5 Å². The number of hydrogen-bond donors (Lipinski definition) is 0. The summed E-state index contributed by atoms with van der Waals surface area (Å²) >= 11 is 0. The maximum Gasteiger partial charge on any atom is 0.335 e. The largest absolute Gasteiger partial charge is 0.461 e. The predicted molar refractivity (Wildman–Crippen MR) is 55.8 cm³/mol. The summed E-state index contributed by atoms with van der Waals surface area (Å²) < 4.78 is 21.4. The quantitative estimate of drug-likeness (QED) is 0.529. The van der Waals surface area contributed by atoms with Gasteiger partial charge in [0.1, 0.15) is 0 Å². The first-order chi connectivity index (χ1) is 6.26. The molecule has 0 heterocycles. The molecule has 0 bridgehead atoms. The average Bonchev–Trinajstić information content (AvgIpc) is 1.96. The Balaban J connectivity index is 4.27. The molecular formula is C9H19O4P. The van der Waals surface area contributed by atoms with Crippen molar-refractivity contribution >= 4 is 13.3 Å². The van der Waals surface area contributed by atoms with E-state index in [-0.39, 0.29) is 6.10 Å². The van der Waals surface area contributed by atoms with Gasteiger partial charge < -0.3 is 9.26 Å². The molecule has 1 unspecified atom stereocenters. The van der Waals surface area contributed by atoms with E-state index in [0.29, 0.717) is 6.42 Å². The van der Waals surface area contributed by atoms with Crippen LogP contribution in [-0.4, -0.2) is 31.5 Å². The van der Waals surface area contributed by atoms with Crippen LogP contribution in [0.4, 0.5) is 0 Å². The lowest BCUT2D eigenvalue weighted by Crippen LogP contribution is -2.27. The maximum atomic E-state index is 11.4. The first kappa shape index (κ1) is 13.7.